The van der Waals surface area contributed by atoms with Crippen LogP contribution in [-0.4, -0.2) is 38.4 Å². The zero-order chi connectivity index (χ0) is 14.6. The molecule has 1 heterocycles. The average Bonchev–Trinajstić information content (AvgIpc) is 2.88. The van der Waals surface area contributed by atoms with Gasteiger partial charge in [-0.25, -0.2) is 0 Å². The average molecular weight is 280 g/mol. The standard InChI is InChI=1S/C14H20N2O4/c1-3-20-12-8-10(4-5-11(12)18-2)16-13(17)14(15)6-7-19-9-14/h4-5,8H,3,6-7,9,15H2,1-2H3,(H,16,17). The van der Waals surface area contributed by atoms with Crippen LogP contribution in [0.3, 0.4) is 0 Å². The van der Waals surface area contributed by atoms with Crippen molar-refractivity contribution in [2.45, 2.75) is 18.9 Å². The van der Waals surface area contributed by atoms with E-state index in [0.29, 0.717) is 36.8 Å². The smallest absolute Gasteiger partial charge is 0.246 e. The number of amides is 1. The highest BCUT2D eigenvalue weighted by atomic mass is 16.5. The maximum Gasteiger partial charge on any atom is 0.246 e. The van der Waals surface area contributed by atoms with Crippen molar-refractivity contribution in [2.75, 3.05) is 32.2 Å². The Bertz CT molecular complexity index is 484. The van der Waals surface area contributed by atoms with Crippen LogP contribution in [0.1, 0.15) is 13.3 Å². The van der Waals surface area contributed by atoms with Crippen molar-refractivity contribution in [1.82, 2.24) is 0 Å². The molecule has 1 aliphatic rings. The van der Waals surface area contributed by atoms with Gasteiger partial charge in [0.15, 0.2) is 11.5 Å². The molecule has 6 nitrogen and oxygen atoms in total. The Kier molecular flexibility index (Phi) is 4.46. The Balaban J connectivity index is 2.13. The van der Waals surface area contributed by atoms with Gasteiger partial charge in [-0.3, -0.25) is 4.79 Å². The fourth-order valence-corrected chi connectivity index (χ4v) is 2.04. The molecule has 1 fully saturated rings. The summed E-state index contributed by atoms with van der Waals surface area (Å²) in [6, 6.07) is 5.22. The van der Waals surface area contributed by atoms with Crippen molar-refractivity contribution in [3.63, 3.8) is 0 Å². The number of rotatable bonds is 5. The quantitative estimate of drug-likeness (QED) is 0.845. The minimum atomic E-state index is -0.953. The summed E-state index contributed by atoms with van der Waals surface area (Å²) in [6.45, 7) is 3.15. The predicted molar refractivity (Wildman–Crippen MR) is 75.1 cm³/mol. The van der Waals surface area contributed by atoms with Crippen LogP contribution in [0, 0.1) is 0 Å². The Morgan fingerprint density at radius 2 is 2.30 bits per heavy atom. The summed E-state index contributed by atoms with van der Waals surface area (Å²) >= 11 is 0. The monoisotopic (exact) mass is 280 g/mol. The van der Waals surface area contributed by atoms with Gasteiger partial charge in [0.2, 0.25) is 5.91 Å². The number of nitrogens with two attached hydrogens (primary N) is 1. The Hall–Kier alpha value is -1.79. The van der Waals surface area contributed by atoms with E-state index in [-0.39, 0.29) is 12.5 Å². The van der Waals surface area contributed by atoms with Crippen LogP contribution < -0.4 is 20.5 Å². The van der Waals surface area contributed by atoms with E-state index in [1.807, 2.05) is 6.92 Å². The second-order valence-corrected chi connectivity index (χ2v) is 4.71. The van der Waals surface area contributed by atoms with Crippen molar-refractivity contribution in [1.29, 1.82) is 0 Å². The van der Waals surface area contributed by atoms with Crippen molar-refractivity contribution in [2.24, 2.45) is 5.73 Å². The molecule has 2 rings (SSSR count). The van der Waals surface area contributed by atoms with Gasteiger partial charge in [0.05, 0.1) is 20.3 Å². The molecule has 1 aromatic carbocycles. The first-order chi connectivity index (χ1) is 9.59. The van der Waals surface area contributed by atoms with Crippen molar-refractivity contribution in [3.05, 3.63) is 18.2 Å². The van der Waals surface area contributed by atoms with E-state index in [4.69, 9.17) is 19.9 Å². The third kappa shape index (κ3) is 3.02. The Labute approximate surface area is 118 Å². The van der Waals surface area contributed by atoms with Crippen LogP contribution in [0.5, 0.6) is 11.5 Å². The summed E-state index contributed by atoms with van der Waals surface area (Å²) in [5, 5.41) is 2.79. The first-order valence-corrected chi connectivity index (χ1v) is 6.58. The van der Waals surface area contributed by atoms with E-state index < -0.39 is 5.54 Å². The summed E-state index contributed by atoms with van der Waals surface area (Å²) in [7, 11) is 1.57. The molecule has 0 aliphatic carbocycles. The fourth-order valence-electron chi connectivity index (χ4n) is 2.04. The summed E-state index contributed by atoms with van der Waals surface area (Å²) in [5.74, 6) is 0.959. The molecule has 0 spiro atoms. The van der Waals surface area contributed by atoms with Gasteiger partial charge in [-0.05, 0) is 25.5 Å². The minimum Gasteiger partial charge on any atom is -0.493 e. The van der Waals surface area contributed by atoms with Gasteiger partial charge in [0, 0.05) is 18.4 Å². The highest BCUT2D eigenvalue weighted by molar-refractivity contribution is 5.98. The molecular weight excluding hydrogens is 260 g/mol. The van der Waals surface area contributed by atoms with Crippen molar-refractivity contribution < 1.29 is 19.0 Å². The first-order valence-electron chi connectivity index (χ1n) is 6.58. The summed E-state index contributed by atoms with van der Waals surface area (Å²) < 4.78 is 15.9. The third-order valence-corrected chi connectivity index (χ3v) is 3.23. The zero-order valence-electron chi connectivity index (χ0n) is 11.8. The molecule has 110 valence electrons. The number of ether oxygens (including phenoxy) is 3. The van der Waals surface area contributed by atoms with Gasteiger partial charge >= 0.3 is 0 Å². The van der Waals surface area contributed by atoms with Crippen LogP contribution in [0.15, 0.2) is 18.2 Å². The molecule has 0 aromatic heterocycles. The van der Waals surface area contributed by atoms with Crippen molar-refractivity contribution in [3.8, 4) is 11.5 Å². The third-order valence-electron chi connectivity index (χ3n) is 3.23. The second-order valence-electron chi connectivity index (χ2n) is 4.71. The maximum atomic E-state index is 12.2. The van der Waals surface area contributed by atoms with E-state index in [1.54, 1.807) is 25.3 Å². The molecule has 1 saturated heterocycles. The molecular formula is C14H20N2O4. The highest BCUT2D eigenvalue weighted by Crippen LogP contribution is 2.30. The zero-order valence-corrected chi connectivity index (χ0v) is 11.8. The molecule has 1 amide bonds. The number of hydrogen-bond acceptors (Lipinski definition) is 5. The molecule has 1 aliphatic heterocycles. The van der Waals surface area contributed by atoms with E-state index >= 15 is 0 Å². The lowest BCUT2D eigenvalue weighted by molar-refractivity contribution is -0.121. The van der Waals surface area contributed by atoms with Crippen LogP contribution in [0.2, 0.25) is 0 Å². The molecule has 1 aromatic rings. The number of carbonyl (C=O) groups excluding carboxylic acids is 1. The van der Waals surface area contributed by atoms with Crippen LogP contribution in [0.25, 0.3) is 0 Å². The number of methoxy groups -OCH3 is 1. The Morgan fingerprint density at radius 3 is 2.90 bits per heavy atom. The Morgan fingerprint density at radius 1 is 1.50 bits per heavy atom. The highest BCUT2D eigenvalue weighted by Gasteiger charge is 2.38. The summed E-state index contributed by atoms with van der Waals surface area (Å²) in [4.78, 5) is 12.2. The maximum absolute atomic E-state index is 12.2. The van der Waals surface area contributed by atoms with Gasteiger partial charge in [-0.2, -0.15) is 0 Å². The van der Waals surface area contributed by atoms with E-state index in [0.717, 1.165) is 0 Å². The van der Waals surface area contributed by atoms with Crippen molar-refractivity contribution >= 4 is 11.6 Å². The van der Waals surface area contributed by atoms with Gasteiger partial charge in [0.1, 0.15) is 5.54 Å². The first kappa shape index (κ1) is 14.6. The van der Waals surface area contributed by atoms with Crippen LogP contribution >= 0.6 is 0 Å². The molecule has 0 bridgehead atoms. The molecule has 6 heteroatoms. The largest absolute Gasteiger partial charge is 0.493 e. The fraction of sp³-hybridized carbons (Fsp3) is 0.500. The molecule has 0 saturated carbocycles. The molecule has 1 atom stereocenters. The summed E-state index contributed by atoms with van der Waals surface area (Å²) in [6.07, 6.45) is 0.521. The lowest BCUT2D eigenvalue weighted by Crippen LogP contribution is -2.51. The normalized spacial score (nSPS) is 21.6. The van der Waals surface area contributed by atoms with Gasteiger partial charge in [-0.15, -0.1) is 0 Å². The second kappa shape index (κ2) is 6.11. The predicted octanol–water partition coefficient (Wildman–Crippen LogP) is 1.15. The topological polar surface area (TPSA) is 82.8 Å². The van der Waals surface area contributed by atoms with E-state index in [9.17, 15) is 4.79 Å². The molecule has 0 radical (unpaired) electrons. The number of anilines is 1. The van der Waals surface area contributed by atoms with E-state index in [2.05, 4.69) is 5.32 Å². The van der Waals surface area contributed by atoms with E-state index in [1.165, 1.54) is 0 Å². The van der Waals surface area contributed by atoms with Gasteiger partial charge in [0.25, 0.3) is 0 Å². The number of hydrogen-bond donors (Lipinski definition) is 2. The number of benzene rings is 1. The lowest BCUT2D eigenvalue weighted by Gasteiger charge is -2.21. The van der Waals surface area contributed by atoms with Crippen LogP contribution in [0.4, 0.5) is 5.69 Å². The molecule has 3 N–H and O–H groups in total. The SMILES string of the molecule is CCOc1cc(NC(=O)C2(N)CCOC2)ccc1OC. The van der Waals surface area contributed by atoms with Crippen LogP contribution in [-0.2, 0) is 9.53 Å². The van der Waals surface area contributed by atoms with Gasteiger partial charge < -0.3 is 25.3 Å². The molecule has 1 unspecified atom stereocenters. The number of carbonyl (C=O) groups is 1. The minimum absolute atomic E-state index is 0.243. The molecule has 20 heavy (non-hydrogen) atoms. The number of nitrogens with one attached hydrogen (secondary N) is 1. The summed E-state index contributed by atoms with van der Waals surface area (Å²) in [5.41, 5.74) is 5.68. The lowest BCUT2D eigenvalue weighted by atomic mass is 9.99. The van der Waals surface area contributed by atoms with Gasteiger partial charge in [-0.1, -0.05) is 0 Å².